The van der Waals surface area contributed by atoms with Gasteiger partial charge in [-0.05, 0) is 42.2 Å². The van der Waals surface area contributed by atoms with Crippen LogP contribution in [0.4, 0.5) is 0 Å². The molecule has 98 valence electrons. The zero-order valence-corrected chi connectivity index (χ0v) is 12.2. The lowest BCUT2D eigenvalue weighted by molar-refractivity contribution is 0.403. The molecule has 0 bridgehead atoms. The Morgan fingerprint density at radius 1 is 1.33 bits per heavy atom. The molecule has 0 amide bonds. The molecular weight excluding hydrogens is 240 g/mol. The summed E-state index contributed by atoms with van der Waals surface area (Å²) in [5.74, 6) is 1.61. The minimum Gasteiger partial charge on any atom is -0.0840 e. The van der Waals surface area contributed by atoms with Crippen LogP contribution < -0.4 is 0 Å². The highest BCUT2D eigenvalue weighted by molar-refractivity contribution is 6.48. The van der Waals surface area contributed by atoms with Crippen LogP contribution in [0.15, 0.2) is 30.3 Å². The summed E-state index contributed by atoms with van der Waals surface area (Å²) in [6.45, 7) is 4.64. The maximum absolute atomic E-state index is 6.37. The van der Waals surface area contributed by atoms with Crippen molar-refractivity contribution in [3.63, 3.8) is 0 Å². The second kappa shape index (κ2) is 6.43. The first-order valence-corrected chi connectivity index (χ1v) is 7.52. The molecule has 0 saturated heterocycles. The predicted octanol–water partition coefficient (Wildman–Crippen LogP) is 5.66. The van der Waals surface area contributed by atoms with Gasteiger partial charge in [-0.3, -0.25) is 0 Å². The average molecular weight is 263 g/mol. The van der Waals surface area contributed by atoms with Crippen molar-refractivity contribution >= 4 is 16.6 Å². The van der Waals surface area contributed by atoms with Crippen molar-refractivity contribution in [1.82, 2.24) is 0 Å². The van der Waals surface area contributed by atoms with Gasteiger partial charge in [0.1, 0.15) is 0 Å². The van der Waals surface area contributed by atoms with Gasteiger partial charge in [-0.15, -0.1) is 0 Å². The lowest BCUT2D eigenvalue weighted by Crippen LogP contribution is -2.06. The second-order valence-electron chi connectivity index (χ2n) is 5.61. The lowest BCUT2D eigenvalue weighted by Gasteiger charge is -2.16. The molecule has 0 N–H and O–H groups in total. The van der Waals surface area contributed by atoms with Crippen molar-refractivity contribution in [2.45, 2.75) is 46.0 Å². The molecule has 0 spiro atoms. The van der Waals surface area contributed by atoms with Gasteiger partial charge in [0.05, 0.1) is 0 Å². The van der Waals surface area contributed by atoms with Gasteiger partial charge in [0, 0.05) is 5.03 Å². The first-order valence-electron chi connectivity index (χ1n) is 7.14. The number of benzene rings is 1. The van der Waals surface area contributed by atoms with Crippen LogP contribution in [0.25, 0.3) is 5.03 Å². The van der Waals surface area contributed by atoms with Gasteiger partial charge in [0.25, 0.3) is 0 Å². The van der Waals surface area contributed by atoms with Crippen molar-refractivity contribution in [3.8, 4) is 0 Å². The summed E-state index contributed by atoms with van der Waals surface area (Å²) in [7, 11) is 0. The van der Waals surface area contributed by atoms with Crippen LogP contribution in [0, 0.1) is 11.8 Å². The van der Waals surface area contributed by atoms with Crippen molar-refractivity contribution in [3.05, 3.63) is 41.5 Å². The summed E-state index contributed by atoms with van der Waals surface area (Å²) >= 11 is 6.37. The highest BCUT2D eigenvalue weighted by atomic mass is 35.5. The second-order valence-corrected chi connectivity index (χ2v) is 6.01. The number of halogens is 1. The highest BCUT2D eigenvalue weighted by Gasteiger charge is 2.17. The molecule has 1 aromatic carbocycles. The van der Waals surface area contributed by atoms with Crippen LogP contribution in [0.1, 0.15) is 50.7 Å². The van der Waals surface area contributed by atoms with Gasteiger partial charge < -0.3 is 0 Å². The summed E-state index contributed by atoms with van der Waals surface area (Å²) in [5, 5.41) is 0.941. The van der Waals surface area contributed by atoms with Crippen LogP contribution in [0.5, 0.6) is 0 Å². The van der Waals surface area contributed by atoms with E-state index in [9.17, 15) is 0 Å². The summed E-state index contributed by atoms with van der Waals surface area (Å²) in [4.78, 5) is 0. The number of fused-ring (bicyclic) bond motifs is 1. The molecule has 1 heteroatoms. The molecule has 2 rings (SSSR count). The third kappa shape index (κ3) is 3.38. The summed E-state index contributed by atoms with van der Waals surface area (Å²) in [6.07, 6.45) is 8.48. The molecule has 0 aromatic heterocycles. The molecule has 0 radical (unpaired) electrons. The first-order chi connectivity index (χ1) is 8.70. The minimum absolute atomic E-state index is 0.761. The quantitative estimate of drug-likeness (QED) is 0.657. The van der Waals surface area contributed by atoms with E-state index in [4.69, 9.17) is 11.6 Å². The Morgan fingerprint density at radius 2 is 2.11 bits per heavy atom. The van der Waals surface area contributed by atoms with E-state index in [0.717, 1.165) is 23.3 Å². The van der Waals surface area contributed by atoms with Gasteiger partial charge in [-0.1, -0.05) is 68.6 Å². The topological polar surface area (TPSA) is 0 Å². The number of hydrogen-bond donors (Lipinski definition) is 0. The van der Waals surface area contributed by atoms with E-state index >= 15 is 0 Å². The molecule has 0 aliphatic heterocycles. The monoisotopic (exact) mass is 262 g/mol. The number of hydrogen-bond acceptors (Lipinski definition) is 0. The van der Waals surface area contributed by atoms with E-state index in [0.29, 0.717) is 0 Å². The van der Waals surface area contributed by atoms with Gasteiger partial charge in [0.15, 0.2) is 0 Å². The third-order valence-electron chi connectivity index (χ3n) is 4.18. The summed E-state index contributed by atoms with van der Waals surface area (Å²) in [6, 6.07) is 8.58. The van der Waals surface area contributed by atoms with E-state index in [2.05, 4.69) is 44.2 Å². The molecule has 2 atom stereocenters. The smallest absolute Gasteiger partial charge is 0.0441 e. The third-order valence-corrected chi connectivity index (χ3v) is 4.54. The molecule has 0 nitrogen and oxygen atoms in total. The Hall–Kier alpha value is -0.750. The zero-order valence-electron chi connectivity index (χ0n) is 11.5. The van der Waals surface area contributed by atoms with E-state index < -0.39 is 0 Å². The van der Waals surface area contributed by atoms with E-state index in [1.165, 1.54) is 36.8 Å². The fraction of sp³-hybridized carbons (Fsp3) is 0.529. The molecule has 1 aromatic rings. The van der Waals surface area contributed by atoms with E-state index in [1.807, 2.05) is 0 Å². The molecule has 2 unspecified atom stereocenters. The van der Waals surface area contributed by atoms with Gasteiger partial charge in [-0.25, -0.2) is 0 Å². The molecular formula is C17H23Cl. The van der Waals surface area contributed by atoms with E-state index in [-0.39, 0.29) is 0 Å². The fourth-order valence-electron chi connectivity index (χ4n) is 2.65. The maximum atomic E-state index is 6.37. The maximum Gasteiger partial charge on any atom is 0.0441 e. The number of allylic oxidation sites excluding steroid dienone is 1. The molecule has 0 saturated carbocycles. The molecule has 18 heavy (non-hydrogen) atoms. The first kappa shape index (κ1) is 13.7. The van der Waals surface area contributed by atoms with Crippen LogP contribution in [-0.2, 0) is 6.42 Å². The molecule has 0 heterocycles. The minimum atomic E-state index is 0.761. The van der Waals surface area contributed by atoms with Crippen LogP contribution in [0.3, 0.4) is 0 Å². The predicted molar refractivity (Wildman–Crippen MR) is 80.8 cm³/mol. The normalized spacial score (nSPS) is 20.8. The Bertz CT molecular complexity index is 419. The lowest BCUT2D eigenvalue weighted by atomic mass is 9.89. The van der Waals surface area contributed by atoms with Crippen molar-refractivity contribution in [1.29, 1.82) is 0 Å². The number of rotatable bonds is 4. The Kier molecular flexibility index (Phi) is 4.88. The Morgan fingerprint density at radius 3 is 2.89 bits per heavy atom. The highest BCUT2D eigenvalue weighted by Crippen LogP contribution is 2.32. The summed E-state index contributed by atoms with van der Waals surface area (Å²) in [5.41, 5.74) is 2.66. The van der Waals surface area contributed by atoms with Crippen LogP contribution >= 0.6 is 11.6 Å². The average Bonchev–Trinajstić information content (AvgIpc) is 2.56. The molecule has 0 fully saturated rings. The van der Waals surface area contributed by atoms with Crippen molar-refractivity contribution < 1.29 is 0 Å². The van der Waals surface area contributed by atoms with Crippen molar-refractivity contribution in [2.24, 2.45) is 11.8 Å². The molecule has 1 aliphatic rings. The Balaban J connectivity index is 2.06. The standard InChI is InChI=1S/C17H23Cl/c1-3-13(2)8-9-14-10-11-17(18)16-7-5-4-6-15(16)12-14/h4-7,11,13-14H,3,8-10,12H2,1-2H3. The van der Waals surface area contributed by atoms with Gasteiger partial charge in [0.2, 0.25) is 0 Å². The fourth-order valence-corrected chi connectivity index (χ4v) is 2.92. The van der Waals surface area contributed by atoms with E-state index in [1.54, 1.807) is 0 Å². The SMILES string of the molecule is CCC(C)CCC1CC=C(Cl)c2ccccc2C1. The van der Waals surface area contributed by atoms with Crippen LogP contribution in [0.2, 0.25) is 0 Å². The summed E-state index contributed by atoms with van der Waals surface area (Å²) < 4.78 is 0. The van der Waals surface area contributed by atoms with Gasteiger partial charge >= 0.3 is 0 Å². The van der Waals surface area contributed by atoms with Gasteiger partial charge in [-0.2, -0.15) is 0 Å². The van der Waals surface area contributed by atoms with Crippen molar-refractivity contribution in [2.75, 3.05) is 0 Å². The van der Waals surface area contributed by atoms with Crippen LogP contribution in [-0.4, -0.2) is 0 Å². The molecule has 1 aliphatic carbocycles. The zero-order chi connectivity index (χ0) is 13.0. The largest absolute Gasteiger partial charge is 0.0840 e. The Labute approximate surface area is 116 Å².